The van der Waals surface area contributed by atoms with E-state index < -0.39 is 45.7 Å². The van der Waals surface area contributed by atoms with E-state index >= 15 is 0 Å². The van der Waals surface area contributed by atoms with Crippen molar-refractivity contribution in [2.24, 2.45) is 0 Å². The molecule has 0 saturated carbocycles. The minimum absolute atomic E-state index is 0.0444. The van der Waals surface area contributed by atoms with Crippen molar-refractivity contribution >= 4 is 27.3 Å². The molecule has 0 bridgehead atoms. The van der Waals surface area contributed by atoms with Crippen molar-refractivity contribution in [1.29, 1.82) is 0 Å². The van der Waals surface area contributed by atoms with Gasteiger partial charge in [-0.1, -0.05) is 0 Å². The maximum absolute atomic E-state index is 13.6. The molecule has 7 nitrogen and oxygen atoms in total. The van der Waals surface area contributed by atoms with E-state index in [0.29, 0.717) is 24.1 Å². The monoisotopic (exact) mass is 480 g/mol. The second-order valence-electron chi connectivity index (χ2n) is 6.59. The van der Waals surface area contributed by atoms with Crippen molar-refractivity contribution < 1.29 is 35.9 Å². The minimum Gasteiger partial charge on any atom is -0.494 e. The van der Waals surface area contributed by atoms with Crippen molar-refractivity contribution in [3.05, 3.63) is 78.1 Å². The Morgan fingerprint density at radius 3 is 2.09 bits per heavy atom. The lowest BCUT2D eigenvalue weighted by Crippen LogP contribution is -2.21. The second-order valence-corrected chi connectivity index (χ2v) is 8.28. The van der Waals surface area contributed by atoms with Gasteiger partial charge in [-0.2, -0.15) is 0 Å². The van der Waals surface area contributed by atoms with Crippen LogP contribution in [0.15, 0.2) is 65.6 Å². The summed E-state index contributed by atoms with van der Waals surface area (Å²) in [6.07, 6.45) is 0. The van der Waals surface area contributed by atoms with Crippen LogP contribution >= 0.6 is 0 Å². The van der Waals surface area contributed by atoms with Crippen LogP contribution in [-0.4, -0.2) is 27.5 Å². The van der Waals surface area contributed by atoms with Crippen LogP contribution < -0.4 is 19.5 Å². The minimum atomic E-state index is -3.87. The fourth-order valence-electron chi connectivity index (χ4n) is 2.67. The molecule has 0 atom stereocenters. The second kappa shape index (κ2) is 10.3. The fourth-order valence-corrected chi connectivity index (χ4v) is 3.73. The van der Waals surface area contributed by atoms with Gasteiger partial charge in [-0.05, 0) is 67.6 Å². The number of rotatable bonds is 9. The van der Waals surface area contributed by atoms with Crippen molar-refractivity contribution in [3.63, 3.8) is 0 Å². The molecule has 0 aromatic heterocycles. The number of sulfonamides is 1. The zero-order valence-corrected chi connectivity index (χ0v) is 18.1. The number of amides is 1. The van der Waals surface area contributed by atoms with Crippen molar-refractivity contribution in [3.8, 4) is 11.5 Å². The van der Waals surface area contributed by atoms with Gasteiger partial charge >= 0.3 is 0 Å². The molecule has 0 aliphatic rings. The van der Waals surface area contributed by atoms with E-state index in [-0.39, 0.29) is 10.6 Å². The standard InChI is InChI=1S/C22H19F3N2O5S/c1-2-31-15-5-3-14(4-6-15)27-33(29,30)17-9-7-16(8-10-17)32-13-20(28)26-19-12-11-18(23)21(24)22(19)25/h3-12,27H,2,13H2,1H3,(H,26,28). The van der Waals surface area contributed by atoms with Gasteiger partial charge in [-0.15, -0.1) is 0 Å². The van der Waals surface area contributed by atoms with E-state index in [1.54, 1.807) is 24.3 Å². The third-order valence-corrected chi connectivity index (χ3v) is 5.63. The van der Waals surface area contributed by atoms with Gasteiger partial charge in [0.2, 0.25) is 0 Å². The highest BCUT2D eigenvalue weighted by Gasteiger charge is 2.17. The summed E-state index contributed by atoms with van der Waals surface area (Å²) in [6.45, 7) is 1.75. The van der Waals surface area contributed by atoms with Gasteiger partial charge in [0, 0.05) is 5.69 Å². The van der Waals surface area contributed by atoms with Crippen LogP contribution in [0.5, 0.6) is 11.5 Å². The number of carbonyl (C=O) groups is 1. The zero-order valence-electron chi connectivity index (χ0n) is 17.3. The van der Waals surface area contributed by atoms with Gasteiger partial charge in [0.1, 0.15) is 11.5 Å². The van der Waals surface area contributed by atoms with E-state index in [2.05, 4.69) is 10.0 Å². The summed E-state index contributed by atoms with van der Waals surface area (Å²) in [6, 6.07) is 13.2. The Morgan fingerprint density at radius 2 is 1.45 bits per heavy atom. The normalized spacial score (nSPS) is 11.0. The number of ether oxygens (including phenoxy) is 2. The van der Waals surface area contributed by atoms with Crippen LogP contribution in [0.1, 0.15) is 6.92 Å². The molecule has 0 aliphatic heterocycles. The van der Waals surface area contributed by atoms with Crippen LogP contribution in [0.2, 0.25) is 0 Å². The Kier molecular flexibility index (Phi) is 7.44. The first kappa shape index (κ1) is 23.9. The van der Waals surface area contributed by atoms with Crippen molar-refractivity contribution in [2.45, 2.75) is 11.8 Å². The maximum Gasteiger partial charge on any atom is 0.262 e. The topological polar surface area (TPSA) is 93.7 Å². The highest BCUT2D eigenvalue weighted by atomic mass is 32.2. The first-order valence-electron chi connectivity index (χ1n) is 9.61. The third kappa shape index (κ3) is 6.16. The summed E-state index contributed by atoms with van der Waals surface area (Å²) >= 11 is 0. The van der Waals surface area contributed by atoms with Crippen LogP contribution in [0.4, 0.5) is 24.5 Å². The van der Waals surface area contributed by atoms with Crippen LogP contribution in [0, 0.1) is 17.5 Å². The number of hydrogen-bond donors (Lipinski definition) is 2. The summed E-state index contributed by atoms with van der Waals surface area (Å²) in [4.78, 5) is 11.9. The summed E-state index contributed by atoms with van der Waals surface area (Å²) < 4.78 is 77.8. The van der Waals surface area contributed by atoms with Gasteiger partial charge < -0.3 is 14.8 Å². The van der Waals surface area contributed by atoms with Crippen LogP contribution in [0.3, 0.4) is 0 Å². The molecule has 0 radical (unpaired) electrons. The third-order valence-electron chi connectivity index (χ3n) is 4.23. The smallest absolute Gasteiger partial charge is 0.262 e. The van der Waals surface area contributed by atoms with Gasteiger partial charge in [-0.3, -0.25) is 9.52 Å². The molecule has 11 heteroatoms. The first-order valence-corrected chi connectivity index (χ1v) is 11.1. The molecule has 3 aromatic carbocycles. The molecule has 174 valence electrons. The Hall–Kier alpha value is -3.73. The zero-order chi connectivity index (χ0) is 24.0. The molecule has 2 N–H and O–H groups in total. The Bertz CT molecular complexity index is 1230. The fraction of sp³-hybridized carbons (Fsp3) is 0.136. The molecular formula is C22H19F3N2O5S. The SMILES string of the molecule is CCOc1ccc(NS(=O)(=O)c2ccc(OCC(=O)Nc3ccc(F)c(F)c3F)cc2)cc1. The summed E-state index contributed by atoms with van der Waals surface area (Å²) in [5.41, 5.74) is -0.191. The molecular weight excluding hydrogens is 461 g/mol. The highest BCUT2D eigenvalue weighted by Crippen LogP contribution is 2.22. The molecule has 0 unspecified atom stereocenters. The molecule has 0 heterocycles. The number of anilines is 2. The number of hydrogen-bond acceptors (Lipinski definition) is 5. The van der Waals surface area contributed by atoms with Gasteiger partial charge in [0.05, 0.1) is 17.2 Å². The Labute approximate surface area is 188 Å². The summed E-state index contributed by atoms with van der Waals surface area (Å²) in [5, 5.41) is 2.06. The van der Waals surface area contributed by atoms with Crippen molar-refractivity contribution in [2.75, 3.05) is 23.3 Å². The van der Waals surface area contributed by atoms with Gasteiger partial charge in [0.25, 0.3) is 15.9 Å². The number of halogens is 3. The lowest BCUT2D eigenvalue weighted by atomic mass is 10.3. The molecule has 0 aliphatic carbocycles. The van der Waals surface area contributed by atoms with E-state index in [4.69, 9.17) is 9.47 Å². The van der Waals surface area contributed by atoms with E-state index in [9.17, 15) is 26.4 Å². The predicted molar refractivity (Wildman–Crippen MR) is 115 cm³/mol. The molecule has 1 amide bonds. The average Bonchev–Trinajstić information content (AvgIpc) is 2.80. The van der Waals surface area contributed by atoms with Crippen molar-refractivity contribution in [1.82, 2.24) is 0 Å². The highest BCUT2D eigenvalue weighted by molar-refractivity contribution is 7.92. The number of nitrogens with one attached hydrogen (secondary N) is 2. The first-order chi connectivity index (χ1) is 15.7. The van der Waals surface area contributed by atoms with E-state index in [1.807, 2.05) is 6.92 Å². The molecule has 0 spiro atoms. The van der Waals surface area contributed by atoms with Crippen LogP contribution in [0.25, 0.3) is 0 Å². The average molecular weight is 480 g/mol. The van der Waals surface area contributed by atoms with E-state index in [0.717, 1.165) is 6.07 Å². The Balaban J connectivity index is 1.58. The lowest BCUT2D eigenvalue weighted by Gasteiger charge is -2.11. The molecule has 3 rings (SSSR count). The molecule has 0 fully saturated rings. The largest absolute Gasteiger partial charge is 0.494 e. The predicted octanol–water partition coefficient (Wildman–Crippen LogP) is 4.32. The number of carbonyl (C=O) groups excluding carboxylic acids is 1. The number of benzene rings is 3. The van der Waals surface area contributed by atoms with Crippen LogP contribution in [-0.2, 0) is 14.8 Å². The molecule has 0 saturated heterocycles. The molecule has 33 heavy (non-hydrogen) atoms. The van der Waals surface area contributed by atoms with E-state index in [1.165, 1.54) is 24.3 Å². The lowest BCUT2D eigenvalue weighted by molar-refractivity contribution is -0.118. The van der Waals surface area contributed by atoms with Gasteiger partial charge in [0.15, 0.2) is 24.1 Å². The summed E-state index contributed by atoms with van der Waals surface area (Å²) in [7, 11) is -3.87. The molecule has 3 aromatic rings. The maximum atomic E-state index is 13.6. The summed E-state index contributed by atoms with van der Waals surface area (Å²) in [5.74, 6) is -4.67. The quantitative estimate of drug-likeness (QED) is 0.445. The Morgan fingerprint density at radius 1 is 0.848 bits per heavy atom. The van der Waals surface area contributed by atoms with Gasteiger partial charge in [-0.25, -0.2) is 21.6 Å².